The Hall–Kier alpha value is -2.52. The second-order valence-corrected chi connectivity index (χ2v) is 6.11. The zero-order valence-electron chi connectivity index (χ0n) is 13.9. The fourth-order valence-electron chi connectivity index (χ4n) is 2.45. The Kier molecular flexibility index (Phi) is 4.72. The molecule has 3 aromatic carbocycles. The molecule has 0 spiro atoms. The quantitative estimate of drug-likeness (QED) is 0.493. The summed E-state index contributed by atoms with van der Waals surface area (Å²) in [7, 11) is 1.68. The molecule has 1 N–H and O–H groups in total. The number of nitrogens with zero attached hydrogens (tertiary/aromatic N) is 1. The van der Waals surface area contributed by atoms with Gasteiger partial charge in [-0.1, -0.05) is 35.9 Å². The van der Waals surface area contributed by atoms with Gasteiger partial charge in [0, 0.05) is 5.02 Å². The van der Waals surface area contributed by atoms with E-state index in [1.807, 2.05) is 44.2 Å². The number of halogens is 1. The number of nitrogens with one attached hydrogen (secondary N) is 1. The van der Waals surface area contributed by atoms with Gasteiger partial charge >= 0.3 is 0 Å². The smallest absolute Gasteiger partial charge is 0.119 e. The van der Waals surface area contributed by atoms with E-state index in [0.29, 0.717) is 0 Å². The average molecular weight is 339 g/mol. The van der Waals surface area contributed by atoms with Gasteiger partial charge in [-0.05, 0) is 66.1 Å². The van der Waals surface area contributed by atoms with Crippen LogP contribution in [0.2, 0.25) is 5.02 Å². The van der Waals surface area contributed by atoms with Crippen molar-refractivity contribution in [1.82, 2.24) is 0 Å². The van der Waals surface area contributed by atoms with Crippen LogP contribution in [0.25, 0.3) is 10.8 Å². The highest BCUT2D eigenvalue weighted by Crippen LogP contribution is 2.23. The summed E-state index contributed by atoms with van der Waals surface area (Å²) in [5.74, 6) is 0.860. The maximum absolute atomic E-state index is 6.14. The molecule has 0 unspecified atom stereocenters. The lowest BCUT2D eigenvalue weighted by molar-refractivity contribution is 0.415. The fourth-order valence-corrected chi connectivity index (χ4v) is 2.63. The molecule has 0 heterocycles. The molecule has 0 aliphatic carbocycles. The molecule has 3 nitrogen and oxygen atoms in total. The number of hydrazone groups is 1. The standard InChI is InChI=1S/C20H19ClN2O/c1-13-4-8-18(12-20(13)21)23-22-14(2)15-5-6-17-11-19(24-3)9-7-16(17)10-15/h4-12,23H,1-3H3. The molecule has 122 valence electrons. The van der Waals surface area contributed by atoms with Crippen molar-refractivity contribution >= 4 is 33.8 Å². The second kappa shape index (κ2) is 6.93. The van der Waals surface area contributed by atoms with E-state index in [4.69, 9.17) is 16.3 Å². The lowest BCUT2D eigenvalue weighted by Crippen LogP contribution is -2.00. The van der Waals surface area contributed by atoms with E-state index < -0.39 is 0 Å². The first-order chi connectivity index (χ1) is 11.6. The monoisotopic (exact) mass is 338 g/mol. The summed E-state index contributed by atoms with van der Waals surface area (Å²) in [6.07, 6.45) is 0. The van der Waals surface area contributed by atoms with Crippen LogP contribution < -0.4 is 10.2 Å². The van der Waals surface area contributed by atoms with Crippen molar-refractivity contribution in [3.8, 4) is 5.75 Å². The molecule has 0 saturated carbocycles. The van der Waals surface area contributed by atoms with Gasteiger partial charge in [-0.25, -0.2) is 0 Å². The van der Waals surface area contributed by atoms with Crippen molar-refractivity contribution in [2.75, 3.05) is 12.5 Å². The molecule has 0 bridgehead atoms. The molecule has 0 saturated heterocycles. The normalized spacial score (nSPS) is 11.6. The van der Waals surface area contributed by atoms with E-state index in [9.17, 15) is 0 Å². The predicted molar refractivity (Wildman–Crippen MR) is 103 cm³/mol. The summed E-state index contributed by atoms with van der Waals surface area (Å²) < 4.78 is 5.26. The molecule has 0 amide bonds. The van der Waals surface area contributed by atoms with Crippen LogP contribution in [0.1, 0.15) is 18.1 Å². The number of hydrogen-bond acceptors (Lipinski definition) is 3. The Morgan fingerprint density at radius 2 is 1.75 bits per heavy atom. The van der Waals surface area contributed by atoms with Crippen molar-refractivity contribution < 1.29 is 4.74 Å². The number of aryl methyl sites for hydroxylation is 1. The van der Waals surface area contributed by atoms with Crippen LogP contribution in [-0.4, -0.2) is 12.8 Å². The lowest BCUT2D eigenvalue weighted by Gasteiger charge is -2.07. The van der Waals surface area contributed by atoms with Gasteiger partial charge in [0.25, 0.3) is 0 Å². The van der Waals surface area contributed by atoms with E-state index in [0.717, 1.165) is 44.1 Å². The van der Waals surface area contributed by atoms with E-state index in [1.165, 1.54) is 0 Å². The van der Waals surface area contributed by atoms with Crippen LogP contribution >= 0.6 is 11.6 Å². The first-order valence-corrected chi connectivity index (χ1v) is 8.09. The van der Waals surface area contributed by atoms with E-state index in [2.05, 4.69) is 34.8 Å². The zero-order valence-corrected chi connectivity index (χ0v) is 14.7. The fraction of sp³-hybridized carbons (Fsp3) is 0.150. The predicted octanol–water partition coefficient (Wildman–Crippen LogP) is 5.65. The van der Waals surface area contributed by atoms with Crippen LogP contribution in [0.15, 0.2) is 59.7 Å². The molecule has 0 radical (unpaired) electrons. The molecule has 3 rings (SSSR count). The maximum atomic E-state index is 6.14. The van der Waals surface area contributed by atoms with Crippen LogP contribution in [0.4, 0.5) is 5.69 Å². The molecule has 24 heavy (non-hydrogen) atoms. The van der Waals surface area contributed by atoms with Gasteiger partial charge in [-0.3, -0.25) is 5.43 Å². The molecule has 0 atom stereocenters. The Bertz CT molecular complexity index is 919. The topological polar surface area (TPSA) is 33.6 Å². The Balaban J connectivity index is 1.84. The summed E-state index contributed by atoms with van der Waals surface area (Å²) in [5, 5.41) is 7.49. The van der Waals surface area contributed by atoms with Crippen molar-refractivity contribution in [1.29, 1.82) is 0 Å². The first kappa shape index (κ1) is 16.3. The summed E-state index contributed by atoms with van der Waals surface area (Å²) >= 11 is 6.14. The lowest BCUT2D eigenvalue weighted by atomic mass is 10.0. The van der Waals surface area contributed by atoms with Gasteiger partial charge in [0.2, 0.25) is 0 Å². The van der Waals surface area contributed by atoms with Gasteiger partial charge in [0.15, 0.2) is 0 Å². The van der Waals surface area contributed by atoms with Gasteiger partial charge in [-0.15, -0.1) is 0 Å². The highest BCUT2D eigenvalue weighted by Gasteiger charge is 2.02. The second-order valence-electron chi connectivity index (χ2n) is 5.70. The minimum Gasteiger partial charge on any atom is -0.497 e. The highest BCUT2D eigenvalue weighted by molar-refractivity contribution is 6.31. The van der Waals surface area contributed by atoms with Crippen molar-refractivity contribution in [3.05, 3.63) is 70.7 Å². The maximum Gasteiger partial charge on any atom is 0.119 e. The number of benzene rings is 3. The summed E-state index contributed by atoms with van der Waals surface area (Å²) in [5.41, 5.74) is 6.96. The zero-order chi connectivity index (χ0) is 17.1. The Morgan fingerprint density at radius 1 is 1.00 bits per heavy atom. The Labute approximate surface area is 146 Å². The number of hydrogen-bond donors (Lipinski definition) is 1. The summed E-state index contributed by atoms with van der Waals surface area (Å²) in [6, 6.07) is 18.1. The number of rotatable bonds is 4. The number of anilines is 1. The van der Waals surface area contributed by atoms with E-state index in [1.54, 1.807) is 7.11 Å². The third-order valence-electron chi connectivity index (χ3n) is 3.99. The third kappa shape index (κ3) is 3.52. The van der Waals surface area contributed by atoms with E-state index in [-0.39, 0.29) is 0 Å². The summed E-state index contributed by atoms with van der Waals surface area (Å²) in [6.45, 7) is 3.96. The van der Waals surface area contributed by atoms with Crippen LogP contribution in [-0.2, 0) is 0 Å². The number of ether oxygens (including phenoxy) is 1. The van der Waals surface area contributed by atoms with Crippen LogP contribution in [0.3, 0.4) is 0 Å². The van der Waals surface area contributed by atoms with Gasteiger partial charge in [0.05, 0.1) is 18.5 Å². The largest absolute Gasteiger partial charge is 0.497 e. The number of methoxy groups -OCH3 is 1. The summed E-state index contributed by atoms with van der Waals surface area (Å²) in [4.78, 5) is 0. The molecule has 4 heteroatoms. The van der Waals surface area contributed by atoms with E-state index >= 15 is 0 Å². The molecular formula is C20H19ClN2O. The highest BCUT2D eigenvalue weighted by atomic mass is 35.5. The molecule has 3 aromatic rings. The van der Waals surface area contributed by atoms with Gasteiger partial charge < -0.3 is 4.74 Å². The average Bonchev–Trinajstić information content (AvgIpc) is 2.61. The minimum absolute atomic E-state index is 0.729. The van der Waals surface area contributed by atoms with Crippen LogP contribution in [0, 0.1) is 6.92 Å². The molecule has 0 fully saturated rings. The molecule has 0 aliphatic rings. The van der Waals surface area contributed by atoms with Crippen molar-refractivity contribution in [3.63, 3.8) is 0 Å². The van der Waals surface area contributed by atoms with Crippen molar-refractivity contribution in [2.45, 2.75) is 13.8 Å². The van der Waals surface area contributed by atoms with Crippen molar-refractivity contribution in [2.24, 2.45) is 5.10 Å². The molecular weight excluding hydrogens is 320 g/mol. The van der Waals surface area contributed by atoms with Gasteiger partial charge in [0.1, 0.15) is 5.75 Å². The number of fused-ring (bicyclic) bond motifs is 1. The SMILES string of the molecule is COc1ccc2cc(C(C)=NNc3ccc(C)c(Cl)c3)ccc2c1. The van der Waals surface area contributed by atoms with Crippen LogP contribution in [0.5, 0.6) is 5.75 Å². The Morgan fingerprint density at radius 3 is 2.50 bits per heavy atom. The first-order valence-electron chi connectivity index (χ1n) is 7.71. The third-order valence-corrected chi connectivity index (χ3v) is 4.40. The van der Waals surface area contributed by atoms with Gasteiger partial charge in [-0.2, -0.15) is 5.10 Å². The minimum atomic E-state index is 0.729. The molecule has 0 aromatic heterocycles. The molecule has 0 aliphatic heterocycles.